The van der Waals surface area contributed by atoms with Gasteiger partial charge in [0, 0.05) is 25.3 Å². The Labute approximate surface area is 184 Å². The van der Waals surface area contributed by atoms with Crippen molar-refractivity contribution in [2.45, 2.75) is 36.0 Å². The van der Waals surface area contributed by atoms with E-state index in [0.29, 0.717) is 18.2 Å². The van der Waals surface area contributed by atoms with Gasteiger partial charge in [-0.1, -0.05) is 72.4 Å². The Bertz CT molecular complexity index is 1070. The molecule has 1 aliphatic heterocycles. The van der Waals surface area contributed by atoms with Crippen LogP contribution in [0.4, 0.5) is 0 Å². The second kappa shape index (κ2) is 10.00. The molecule has 7 heteroatoms. The third-order valence-corrected chi connectivity index (χ3v) is 6.96. The minimum absolute atomic E-state index is 0.0191. The van der Waals surface area contributed by atoms with Gasteiger partial charge in [0.1, 0.15) is 0 Å². The summed E-state index contributed by atoms with van der Waals surface area (Å²) in [6.45, 7) is 1.05. The zero-order chi connectivity index (χ0) is 20.8. The quantitative estimate of drug-likeness (QED) is 0.431. The predicted molar refractivity (Wildman–Crippen MR) is 122 cm³/mol. The third kappa shape index (κ3) is 5.15. The lowest BCUT2D eigenvalue weighted by atomic mass is 10.1. The monoisotopic (exact) mass is 437 g/mol. The molecule has 1 aliphatic rings. The number of hydrogen-bond donors (Lipinski definition) is 1. The lowest BCUT2D eigenvalue weighted by molar-refractivity contribution is -0.118. The number of aromatic nitrogens is 2. The van der Waals surface area contributed by atoms with Gasteiger partial charge in [0.05, 0.1) is 16.3 Å². The molecule has 2 aromatic carbocycles. The van der Waals surface area contributed by atoms with Crippen molar-refractivity contribution in [3.63, 3.8) is 0 Å². The van der Waals surface area contributed by atoms with Crippen LogP contribution in [0.15, 0.2) is 75.5 Å². The van der Waals surface area contributed by atoms with Gasteiger partial charge < -0.3 is 5.32 Å². The van der Waals surface area contributed by atoms with E-state index in [9.17, 15) is 9.59 Å². The SMILES string of the molecule is O=C(CSc1nc2c(c(=O)n1CCc1ccccc1)SCC2)NCc1ccccc1. The second-order valence-corrected chi connectivity index (χ2v) is 9.06. The van der Waals surface area contributed by atoms with Crippen molar-refractivity contribution in [2.75, 3.05) is 11.5 Å². The minimum atomic E-state index is -0.0671. The van der Waals surface area contributed by atoms with Crippen molar-refractivity contribution in [2.24, 2.45) is 0 Å². The number of nitrogens with one attached hydrogen (secondary N) is 1. The van der Waals surface area contributed by atoms with E-state index in [4.69, 9.17) is 4.98 Å². The summed E-state index contributed by atoms with van der Waals surface area (Å²) in [4.78, 5) is 30.9. The van der Waals surface area contributed by atoms with Gasteiger partial charge in [-0.05, 0) is 17.5 Å². The van der Waals surface area contributed by atoms with Crippen LogP contribution in [0.5, 0.6) is 0 Å². The Morgan fingerprint density at radius 2 is 1.77 bits per heavy atom. The molecule has 0 spiro atoms. The first-order chi connectivity index (χ1) is 14.7. The summed E-state index contributed by atoms with van der Waals surface area (Å²) >= 11 is 2.92. The van der Waals surface area contributed by atoms with Crippen LogP contribution in [0, 0.1) is 0 Å². The van der Waals surface area contributed by atoms with E-state index in [1.807, 2.05) is 48.5 Å². The molecular weight excluding hydrogens is 414 g/mol. The molecule has 4 rings (SSSR count). The van der Waals surface area contributed by atoms with Crippen molar-refractivity contribution < 1.29 is 4.79 Å². The van der Waals surface area contributed by atoms with E-state index in [0.717, 1.165) is 34.7 Å². The van der Waals surface area contributed by atoms with Crippen LogP contribution in [-0.4, -0.2) is 27.0 Å². The van der Waals surface area contributed by atoms with E-state index in [1.54, 1.807) is 16.3 Å². The van der Waals surface area contributed by atoms with Crippen LogP contribution in [0.1, 0.15) is 16.8 Å². The third-order valence-electron chi connectivity index (χ3n) is 4.88. The molecule has 0 saturated heterocycles. The van der Waals surface area contributed by atoms with Crippen LogP contribution in [-0.2, 0) is 30.7 Å². The normalized spacial score (nSPS) is 12.5. The van der Waals surface area contributed by atoms with E-state index in [1.165, 1.54) is 17.3 Å². The molecule has 0 bridgehead atoms. The average Bonchev–Trinajstić information content (AvgIpc) is 3.26. The number of thioether (sulfide) groups is 2. The van der Waals surface area contributed by atoms with Crippen LogP contribution in [0.25, 0.3) is 0 Å². The fraction of sp³-hybridized carbons (Fsp3) is 0.261. The summed E-state index contributed by atoms with van der Waals surface area (Å²) in [6.07, 6.45) is 1.56. The maximum atomic E-state index is 13.0. The van der Waals surface area contributed by atoms with Gasteiger partial charge in [-0.15, -0.1) is 11.8 Å². The number of fused-ring (bicyclic) bond motifs is 1. The largest absolute Gasteiger partial charge is 0.351 e. The van der Waals surface area contributed by atoms with Crippen LogP contribution >= 0.6 is 23.5 Å². The van der Waals surface area contributed by atoms with Gasteiger partial charge >= 0.3 is 0 Å². The maximum absolute atomic E-state index is 13.0. The minimum Gasteiger partial charge on any atom is -0.351 e. The summed E-state index contributed by atoms with van der Waals surface area (Å²) in [5.41, 5.74) is 3.12. The van der Waals surface area contributed by atoms with Gasteiger partial charge in [0.2, 0.25) is 5.91 Å². The number of hydrogen-bond acceptors (Lipinski definition) is 5. The Balaban J connectivity index is 1.45. The Morgan fingerprint density at radius 3 is 2.50 bits per heavy atom. The molecule has 154 valence electrons. The van der Waals surface area contributed by atoms with Crippen molar-refractivity contribution >= 4 is 29.4 Å². The zero-order valence-electron chi connectivity index (χ0n) is 16.5. The molecule has 0 unspecified atom stereocenters. The van der Waals surface area contributed by atoms with Crippen molar-refractivity contribution in [1.29, 1.82) is 0 Å². The Hall–Kier alpha value is -2.51. The molecule has 1 amide bonds. The van der Waals surface area contributed by atoms with Crippen molar-refractivity contribution in [1.82, 2.24) is 14.9 Å². The Kier molecular flexibility index (Phi) is 6.92. The number of carbonyl (C=O) groups is 1. The fourth-order valence-corrected chi connectivity index (χ4v) is 5.21. The Morgan fingerprint density at radius 1 is 1.07 bits per heavy atom. The van der Waals surface area contributed by atoms with Crippen molar-refractivity contribution in [3.05, 3.63) is 87.8 Å². The summed E-state index contributed by atoms with van der Waals surface area (Å²) in [6, 6.07) is 19.9. The lowest BCUT2D eigenvalue weighted by Crippen LogP contribution is -2.28. The zero-order valence-corrected chi connectivity index (χ0v) is 18.2. The number of rotatable bonds is 8. The van der Waals surface area contributed by atoms with Crippen LogP contribution in [0.3, 0.4) is 0 Å². The number of aryl methyl sites for hydroxylation is 2. The van der Waals surface area contributed by atoms with Gasteiger partial charge in [-0.3, -0.25) is 14.2 Å². The summed E-state index contributed by atoms with van der Waals surface area (Å²) in [5, 5.41) is 3.57. The van der Waals surface area contributed by atoms with E-state index < -0.39 is 0 Å². The summed E-state index contributed by atoms with van der Waals surface area (Å²) in [7, 11) is 0. The molecular formula is C23H23N3O2S2. The van der Waals surface area contributed by atoms with Gasteiger partial charge in [0.15, 0.2) is 5.16 Å². The van der Waals surface area contributed by atoms with E-state index in [-0.39, 0.29) is 17.2 Å². The lowest BCUT2D eigenvalue weighted by Gasteiger charge is -2.14. The van der Waals surface area contributed by atoms with E-state index >= 15 is 0 Å². The highest BCUT2D eigenvalue weighted by Crippen LogP contribution is 2.28. The predicted octanol–water partition coefficient (Wildman–Crippen LogP) is 3.54. The number of benzene rings is 2. The number of amides is 1. The first kappa shape index (κ1) is 20.8. The highest BCUT2D eigenvalue weighted by atomic mass is 32.2. The van der Waals surface area contributed by atoms with Crippen LogP contribution < -0.4 is 10.9 Å². The fourth-order valence-electron chi connectivity index (χ4n) is 3.29. The van der Waals surface area contributed by atoms with Gasteiger partial charge in [-0.25, -0.2) is 4.98 Å². The first-order valence-electron chi connectivity index (χ1n) is 9.94. The number of nitrogens with zero attached hydrogens (tertiary/aromatic N) is 2. The van der Waals surface area contributed by atoms with E-state index in [2.05, 4.69) is 17.4 Å². The molecule has 5 nitrogen and oxygen atoms in total. The van der Waals surface area contributed by atoms with Gasteiger partial charge in [-0.2, -0.15) is 0 Å². The summed E-state index contributed by atoms with van der Waals surface area (Å²) in [5.74, 6) is 1.06. The highest BCUT2D eigenvalue weighted by Gasteiger charge is 2.22. The maximum Gasteiger partial charge on any atom is 0.268 e. The van der Waals surface area contributed by atoms with Crippen LogP contribution in [0.2, 0.25) is 0 Å². The number of carbonyl (C=O) groups excluding carboxylic acids is 1. The summed E-state index contributed by atoms with van der Waals surface area (Å²) < 4.78 is 1.74. The standard InChI is InChI=1S/C23H23N3O2S2/c27-20(24-15-18-9-5-2-6-10-18)16-30-23-25-19-12-14-29-21(19)22(28)26(23)13-11-17-7-3-1-4-8-17/h1-10H,11-16H2,(H,24,27). The molecule has 0 fully saturated rings. The molecule has 3 aromatic rings. The first-order valence-corrected chi connectivity index (χ1v) is 11.9. The topological polar surface area (TPSA) is 64.0 Å². The van der Waals surface area contributed by atoms with Crippen molar-refractivity contribution in [3.8, 4) is 0 Å². The average molecular weight is 438 g/mol. The molecule has 0 radical (unpaired) electrons. The molecule has 0 aliphatic carbocycles. The molecule has 2 heterocycles. The smallest absolute Gasteiger partial charge is 0.268 e. The molecule has 30 heavy (non-hydrogen) atoms. The molecule has 0 saturated carbocycles. The molecule has 1 aromatic heterocycles. The molecule has 0 atom stereocenters. The highest BCUT2D eigenvalue weighted by molar-refractivity contribution is 8.00. The second-order valence-electron chi connectivity index (χ2n) is 7.01. The van der Waals surface area contributed by atoms with Gasteiger partial charge in [0.25, 0.3) is 5.56 Å². The molecule has 1 N–H and O–H groups in total.